The van der Waals surface area contributed by atoms with E-state index in [1.54, 1.807) is 19.0 Å². The van der Waals surface area contributed by atoms with Gasteiger partial charge in [-0.1, -0.05) is 12.1 Å². The van der Waals surface area contributed by atoms with E-state index in [-0.39, 0.29) is 5.91 Å². The number of nitrogens with zero attached hydrogens (tertiary/aromatic N) is 1. The molecule has 1 aromatic carbocycles. The maximum Gasteiger partial charge on any atom is 0.241 e. The number of rotatable bonds is 3. The molecule has 0 heterocycles. The lowest BCUT2D eigenvalue weighted by molar-refractivity contribution is -0.126. The summed E-state index contributed by atoms with van der Waals surface area (Å²) in [5.41, 5.74) is 3.39. The van der Waals surface area contributed by atoms with Crippen LogP contribution >= 0.6 is 0 Å². The molecule has 0 atom stereocenters. The van der Waals surface area contributed by atoms with Crippen LogP contribution in [0, 0.1) is 13.8 Å². The number of likely N-dealkylation sites (N-methyl/N-ethyl adjacent to an activating group) is 1. The number of aryl methyl sites for hydroxylation is 2. The molecule has 0 aliphatic carbocycles. The summed E-state index contributed by atoms with van der Waals surface area (Å²) in [7, 11) is 3.51. The van der Waals surface area contributed by atoms with Crippen LogP contribution in [0.25, 0.3) is 0 Å². The molecule has 0 aromatic heterocycles. The molecule has 1 amide bonds. The van der Waals surface area contributed by atoms with Gasteiger partial charge in [0.2, 0.25) is 5.91 Å². The zero-order valence-electron chi connectivity index (χ0n) is 9.79. The molecule has 3 nitrogen and oxygen atoms in total. The van der Waals surface area contributed by atoms with Gasteiger partial charge >= 0.3 is 0 Å². The molecule has 82 valence electrons. The van der Waals surface area contributed by atoms with Crippen molar-refractivity contribution in [2.75, 3.05) is 26.0 Å². The maximum absolute atomic E-state index is 11.4. The number of benzene rings is 1. The Balaban J connectivity index is 2.65. The van der Waals surface area contributed by atoms with Crippen molar-refractivity contribution in [1.29, 1.82) is 0 Å². The van der Waals surface area contributed by atoms with Gasteiger partial charge in [0.15, 0.2) is 0 Å². The first-order valence-electron chi connectivity index (χ1n) is 5.02. The van der Waals surface area contributed by atoms with Crippen molar-refractivity contribution in [2.24, 2.45) is 0 Å². The molecule has 0 aliphatic rings. The Morgan fingerprint density at radius 3 is 2.60 bits per heavy atom. The van der Waals surface area contributed by atoms with Crippen molar-refractivity contribution in [3.63, 3.8) is 0 Å². The van der Waals surface area contributed by atoms with Crippen LogP contribution in [0.15, 0.2) is 18.2 Å². The molecule has 1 rings (SSSR count). The molecule has 0 bridgehead atoms. The van der Waals surface area contributed by atoms with Gasteiger partial charge in [0, 0.05) is 19.8 Å². The van der Waals surface area contributed by atoms with Crippen LogP contribution < -0.4 is 5.32 Å². The number of carbonyl (C=O) groups excluding carboxylic acids is 1. The highest BCUT2D eigenvalue weighted by Gasteiger charge is 2.04. The van der Waals surface area contributed by atoms with Crippen molar-refractivity contribution < 1.29 is 4.79 Å². The molecule has 0 aliphatic heterocycles. The number of hydrogen-bond donors (Lipinski definition) is 1. The molecule has 0 saturated carbocycles. The van der Waals surface area contributed by atoms with E-state index in [1.165, 1.54) is 5.56 Å². The van der Waals surface area contributed by atoms with Crippen molar-refractivity contribution in [3.05, 3.63) is 29.3 Å². The van der Waals surface area contributed by atoms with Crippen LogP contribution in [0.4, 0.5) is 5.69 Å². The minimum Gasteiger partial charge on any atom is -0.376 e. The molecular formula is C12H18N2O. The third kappa shape index (κ3) is 3.27. The van der Waals surface area contributed by atoms with E-state index >= 15 is 0 Å². The summed E-state index contributed by atoms with van der Waals surface area (Å²) in [5.74, 6) is 0.0795. The van der Waals surface area contributed by atoms with Crippen molar-refractivity contribution in [2.45, 2.75) is 13.8 Å². The van der Waals surface area contributed by atoms with Gasteiger partial charge in [0.25, 0.3) is 0 Å². The van der Waals surface area contributed by atoms with Crippen LogP contribution in [-0.2, 0) is 4.79 Å². The van der Waals surface area contributed by atoms with E-state index in [1.807, 2.05) is 13.8 Å². The Bertz CT molecular complexity index is 359. The van der Waals surface area contributed by atoms with Crippen molar-refractivity contribution in [1.82, 2.24) is 4.90 Å². The molecule has 3 heteroatoms. The first kappa shape index (κ1) is 11.6. The SMILES string of the molecule is Cc1ccc(C)c(NCC(=O)N(C)C)c1. The third-order valence-corrected chi connectivity index (χ3v) is 2.32. The fourth-order valence-electron chi connectivity index (χ4n) is 1.26. The Kier molecular flexibility index (Phi) is 3.72. The maximum atomic E-state index is 11.4. The van der Waals surface area contributed by atoms with Crippen molar-refractivity contribution >= 4 is 11.6 Å². The van der Waals surface area contributed by atoms with Crippen LogP contribution in [0.5, 0.6) is 0 Å². The highest BCUT2D eigenvalue weighted by molar-refractivity contribution is 5.80. The second kappa shape index (κ2) is 4.82. The van der Waals surface area contributed by atoms with E-state index < -0.39 is 0 Å². The van der Waals surface area contributed by atoms with Gasteiger partial charge in [-0.25, -0.2) is 0 Å². The molecular weight excluding hydrogens is 188 g/mol. The fraction of sp³-hybridized carbons (Fsp3) is 0.417. The zero-order chi connectivity index (χ0) is 11.4. The first-order chi connectivity index (χ1) is 7.00. The molecule has 0 fully saturated rings. The van der Waals surface area contributed by atoms with E-state index in [0.29, 0.717) is 6.54 Å². The quantitative estimate of drug-likeness (QED) is 0.818. The van der Waals surface area contributed by atoms with E-state index in [2.05, 4.69) is 23.5 Å². The molecule has 0 radical (unpaired) electrons. The monoisotopic (exact) mass is 206 g/mol. The predicted molar refractivity (Wildman–Crippen MR) is 63.1 cm³/mol. The summed E-state index contributed by atoms with van der Waals surface area (Å²) < 4.78 is 0. The van der Waals surface area contributed by atoms with Gasteiger partial charge in [0.1, 0.15) is 0 Å². The van der Waals surface area contributed by atoms with E-state index in [0.717, 1.165) is 11.3 Å². The molecule has 1 aromatic rings. The van der Waals surface area contributed by atoms with E-state index in [9.17, 15) is 4.79 Å². The summed E-state index contributed by atoms with van der Waals surface area (Å²) in [4.78, 5) is 13.0. The second-order valence-corrected chi connectivity index (χ2v) is 3.96. The minimum atomic E-state index is 0.0795. The molecule has 15 heavy (non-hydrogen) atoms. The Labute approximate surface area is 91.1 Å². The van der Waals surface area contributed by atoms with Gasteiger partial charge < -0.3 is 10.2 Å². The lowest BCUT2D eigenvalue weighted by Gasteiger charge is -2.13. The number of amides is 1. The predicted octanol–water partition coefficient (Wildman–Crippen LogP) is 1.80. The fourth-order valence-corrected chi connectivity index (χ4v) is 1.26. The molecule has 0 saturated heterocycles. The highest BCUT2D eigenvalue weighted by atomic mass is 16.2. The Morgan fingerprint density at radius 2 is 2.00 bits per heavy atom. The van der Waals surface area contributed by atoms with Gasteiger partial charge in [-0.05, 0) is 31.0 Å². The van der Waals surface area contributed by atoms with Crippen LogP contribution in [0.2, 0.25) is 0 Å². The minimum absolute atomic E-state index is 0.0795. The second-order valence-electron chi connectivity index (χ2n) is 3.96. The highest BCUT2D eigenvalue weighted by Crippen LogP contribution is 2.15. The summed E-state index contributed by atoms with van der Waals surface area (Å²) >= 11 is 0. The van der Waals surface area contributed by atoms with Gasteiger partial charge in [0.05, 0.1) is 6.54 Å². The Morgan fingerprint density at radius 1 is 1.33 bits per heavy atom. The van der Waals surface area contributed by atoms with Crippen LogP contribution in [0.3, 0.4) is 0 Å². The van der Waals surface area contributed by atoms with Crippen LogP contribution in [0.1, 0.15) is 11.1 Å². The normalized spacial score (nSPS) is 9.87. The smallest absolute Gasteiger partial charge is 0.241 e. The summed E-state index contributed by atoms with van der Waals surface area (Å²) in [6, 6.07) is 6.17. The topological polar surface area (TPSA) is 32.3 Å². The van der Waals surface area contributed by atoms with Crippen molar-refractivity contribution in [3.8, 4) is 0 Å². The zero-order valence-corrected chi connectivity index (χ0v) is 9.79. The molecule has 1 N–H and O–H groups in total. The van der Waals surface area contributed by atoms with E-state index in [4.69, 9.17) is 0 Å². The summed E-state index contributed by atoms with van der Waals surface area (Å²) in [6.07, 6.45) is 0. The number of carbonyl (C=O) groups is 1. The molecule has 0 spiro atoms. The van der Waals surface area contributed by atoms with Gasteiger partial charge in [-0.15, -0.1) is 0 Å². The summed E-state index contributed by atoms with van der Waals surface area (Å²) in [5, 5.41) is 3.14. The summed E-state index contributed by atoms with van der Waals surface area (Å²) in [6.45, 7) is 4.41. The van der Waals surface area contributed by atoms with Gasteiger partial charge in [-0.3, -0.25) is 4.79 Å². The average Bonchev–Trinajstić information content (AvgIpc) is 2.18. The first-order valence-corrected chi connectivity index (χ1v) is 5.02. The number of nitrogens with one attached hydrogen (secondary N) is 1. The van der Waals surface area contributed by atoms with Crippen LogP contribution in [-0.4, -0.2) is 31.4 Å². The number of anilines is 1. The third-order valence-electron chi connectivity index (χ3n) is 2.32. The average molecular weight is 206 g/mol. The largest absolute Gasteiger partial charge is 0.376 e. The lowest BCUT2D eigenvalue weighted by atomic mass is 10.1. The Hall–Kier alpha value is -1.51. The number of hydrogen-bond acceptors (Lipinski definition) is 2. The van der Waals surface area contributed by atoms with Gasteiger partial charge in [-0.2, -0.15) is 0 Å². The molecule has 0 unspecified atom stereocenters. The standard InChI is InChI=1S/C12H18N2O/c1-9-5-6-10(2)11(7-9)13-8-12(15)14(3)4/h5-7,13H,8H2,1-4H3. The lowest BCUT2D eigenvalue weighted by Crippen LogP contribution is -2.28.